The molecule has 1 saturated heterocycles. The van der Waals surface area contributed by atoms with E-state index in [-0.39, 0.29) is 33.0 Å². The number of nitrogens with two attached hydrogens (primary N) is 1. The number of sulfonamides is 1. The lowest BCUT2D eigenvalue weighted by Gasteiger charge is -2.33. The minimum Gasteiger partial charge on any atom is -0.396 e. The number of hydrogen-bond donors (Lipinski definition) is 2. The molecule has 3 N–H and O–H groups in total. The van der Waals surface area contributed by atoms with Crippen LogP contribution in [0.15, 0.2) is 17.0 Å². The number of carbonyl (C=O) groups excluding carboxylic acids is 1. The number of nitrogens with zero attached hydrogens (tertiary/aromatic N) is 3. The van der Waals surface area contributed by atoms with Crippen molar-refractivity contribution in [3.05, 3.63) is 22.2 Å². The number of piperidine rings is 1. The fraction of sp³-hybridized carbons (Fsp3) is 0.579. The van der Waals surface area contributed by atoms with Gasteiger partial charge in [0.2, 0.25) is 15.9 Å². The van der Waals surface area contributed by atoms with Gasteiger partial charge in [-0.1, -0.05) is 30.1 Å². The van der Waals surface area contributed by atoms with Gasteiger partial charge in [-0.3, -0.25) is 4.79 Å². The number of rotatable bonds is 8. The molecule has 1 fully saturated rings. The highest BCUT2D eigenvalue weighted by Crippen LogP contribution is 2.31. The predicted octanol–water partition coefficient (Wildman–Crippen LogP) is 2.67. The number of halogens is 2. The minimum absolute atomic E-state index is 0.0198. The van der Waals surface area contributed by atoms with E-state index in [0.29, 0.717) is 32.0 Å². The predicted molar refractivity (Wildman–Crippen MR) is 117 cm³/mol. The third kappa shape index (κ3) is 6.38. The van der Waals surface area contributed by atoms with Crippen molar-refractivity contribution in [3.8, 4) is 6.19 Å². The largest absolute Gasteiger partial charge is 0.396 e. The van der Waals surface area contributed by atoms with E-state index in [2.05, 4.69) is 11.6 Å². The summed E-state index contributed by atoms with van der Waals surface area (Å²) in [6, 6.07) is 1.46. The summed E-state index contributed by atoms with van der Waals surface area (Å²) in [5.74, 6) is 0.269. The van der Waals surface area contributed by atoms with Crippen molar-refractivity contribution in [3.63, 3.8) is 0 Å². The van der Waals surface area contributed by atoms with Crippen molar-refractivity contribution >= 4 is 44.8 Å². The Kier molecular flexibility index (Phi) is 8.62. The number of nitrogens with one attached hydrogen (secondary N) is 1. The number of nitriles is 1. The van der Waals surface area contributed by atoms with Crippen LogP contribution in [-0.2, 0) is 14.8 Å². The Labute approximate surface area is 188 Å². The summed E-state index contributed by atoms with van der Waals surface area (Å²) in [5, 5.41) is 8.94. The van der Waals surface area contributed by atoms with Crippen molar-refractivity contribution in [1.29, 1.82) is 5.26 Å². The van der Waals surface area contributed by atoms with E-state index in [1.54, 1.807) is 11.9 Å². The Morgan fingerprint density at radius 2 is 1.93 bits per heavy atom. The third-order valence-electron chi connectivity index (χ3n) is 5.21. The highest BCUT2D eigenvalue weighted by atomic mass is 35.5. The quantitative estimate of drug-likeness (QED) is 0.338. The van der Waals surface area contributed by atoms with Crippen molar-refractivity contribution < 1.29 is 13.2 Å². The lowest BCUT2D eigenvalue weighted by atomic mass is 9.98. The van der Waals surface area contributed by atoms with Crippen LogP contribution in [0.2, 0.25) is 10.0 Å². The maximum atomic E-state index is 13.1. The summed E-state index contributed by atoms with van der Waals surface area (Å²) < 4.78 is 28.4. The summed E-state index contributed by atoms with van der Waals surface area (Å²) in [6.45, 7) is 3.73. The molecule has 1 aliphatic rings. The van der Waals surface area contributed by atoms with Crippen LogP contribution in [0.4, 0.5) is 5.69 Å². The zero-order chi connectivity index (χ0) is 22.5. The second-order valence-electron chi connectivity index (χ2n) is 7.65. The van der Waals surface area contributed by atoms with Crippen molar-refractivity contribution in [2.45, 2.75) is 43.5 Å². The van der Waals surface area contributed by atoms with Gasteiger partial charge in [-0.2, -0.15) is 9.98 Å². The summed E-state index contributed by atoms with van der Waals surface area (Å²) in [7, 11) is -2.44. The molecule has 2 rings (SSSR count). The molecule has 1 aliphatic heterocycles. The Morgan fingerprint density at radius 3 is 2.47 bits per heavy atom. The monoisotopic (exact) mass is 475 g/mol. The number of hydrogen-bond acceptors (Lipinski definition) is 6. The number of carbonyl (C=O) groups is 1. The number of nitrogen functional groups attached to an aromatic ring is 1. The van der Waals surface area contributed by atoms with Crippen molar-refractivity contribution in [2.75, 3.05) is 32.4 Å². The van der Waals surface area contributed by atoms with Gasteiger partial charge in [-0.15, -0.1) is 0 Å². The van der Waals surface area contributed by atoms with Gasteiger partial charge in [-0.25, -0.2) is 8.42 Å². The van der Waals surface area contributed by atoms with E-state index in [4.69, 9.17) is 34.2 Å². The lowest BCUT2D eigenvalue weighted by Crippen LogP contribution is -2.50. The van der Waals surface area contributed by atoms with E-state index in [9.17, 15) is 13.2 Å². The molecule has 30 heavy (non-hydrogen) atoms. The maximum absolute atomic E-state index is 13.1. The van der Waals surface area contributed by atoms with Gasteiger partial charge in [0.1, 0.15) is 6.04 Å². The first-order valence-electron chi connectivity index (χ1n) is 9.71. The molecule has 1 aromatic rings. The van der Waals surface area contributed by atoms with E-state index in [1.165, 1.54) is 17.0 Å². The molecule has 0 aliphatic carbocycles. The first-order valence-corrected chi connectivity index (χ1v) is 12.0. The van der Waals surface area contributed by atoms with Crippen LogP contribution in [0.3, 0.4) is 0 Å². The number of anilines is 1. The van der Waals surface area contributed by atoms with Crippen LogP contribution in [0.1, 0.15) is 32.6 Å². The molecule has 1 amide bonds. The highest BCUT2D eigenvalue weighted by Gasteiger charge is 2.31. The lowest BCUT2D eigenvalue weighted by molar-refractivity contribution is -0.134. The molecule has 0 aromatic heterocycles. The number of amides is 1. The normalized spacial score (nSPS) is 16.2. The summed E-state index contributed by atoms with van der Waals surface area (Å²) >= 11 is 12.0. The van der Waals surface area contributed by atoms with Gasteiger partial charge in [0.15, 0.2) is 6.19 Å². The van der Waals surface area contributed by atoms with E-state index in [0.717, 1.165) is 12.8 Å². The molecule has 1 heterocycles. The first-order chi connectivity index (χ1) is 14.0. The van der Waals surface area contributed by atoms with Crippen LogP contribution >= 0.6 is 23.2 Å². The molecule has 1 aromatic carbocycles. The van der Waals surface area contributed by atoms with Gasteiger partial charge < -0.3 is 15.5 Å². The van der Waals surface area contributed by atoms with Gasteiger partial charge >= 0.3 is 0 Å². The Bertz CT molecular complexity index is 888. The molecule has 0 radical (unpaired) electrons. The molecular formula is C19H27Cl2N5O3S. The molecule has 166 valence electrons. The summed E-state index contributed by atoms with van der Waals surface area (Å²) in [5.41, 5.74) is 5.78. The molecule has 0 unspecified atom stereocenters. The molecule has 0 saturated carbocycles. The van der Waals surface area contributed by atoms with E-state index >= 15 is 0 Å². The molecule has 0 bridgehead atoms. The minimum atomic E-state index is -4.07. The zero-order valence-corrected chi connectivity index (χ0v) is 19.4. The van der Waals surface area contributed by atoms with Crippen LogP contribution < -0.4 is 10.5 Å². The Balaban J connectivity index is 2.22. The van der Waals surface area contributed by atoms with Gasteiger partial charge in [0.25, 0.3) is 0 Å². The summed E-state index contributed by atoms with van der Waals surface area (Å²) in [6.07, 6.45) is 4.47. The number of likely N-dealkylation sites (tertiary alicyclic amines) is 1. The van der Waals surface area contributed by atoms with Crippen molar-refractivity contribution in [2.24, 2.45) is 5.92 Å². The highest BCUT2D eigenvalue weighted by molar-refractivity contribution is 7.89. The Hall–Kier alpha value is -1.73. The fourth-order valence-electron chi connectivity index (χ4n) is 3.24. The van der Waals surface area contributed by atoms with Gasteiger partial charge in [0.05, 0.1) is 20.6 Å². The topological polar surface area (TPSA) is 120 Å². The molecule has 11 heteroatoms. The van der Waals surface area contributed by atoms with E-state index in [1.807, 2.05) is 6.19 Å². The third-order valence-corrected chi connectivity index (χ3v) is 7.29. The van der Waals surface area contributed by atoms with Crippen LogP contribution in [-0.4, -0.2) is 56.8 Å². The van der Waals surface area contributed by atoms with Gasteiger partial charge in [0, 0.05) is 26.7 Å². The van der Waals surface area contributed by atoms with Crippen molar-refractivity contribution in [1.82, 2.24) is 14.5 Å². The average Bonchev–Trinajstić information content (AvgIpc) is 2.70. The van der Waals surface area contributed by atoms with E-state index < -0.39 is 16.1 Å². The van der Waals surface area contributed by atoms with Crippen LogP contribution in [0, 0.1) is 17.4 Å². The zero-order valence-electron chi connectivity index (χ0n) is 17.1. The molecule has 1 atom stereocenters. The fourth-order valence-corrected chi connectivity index (χ4v) is 5.13. The van der Waals surface area contributed by atoms with Crippen LogP contribution in [0.25, 0.3) is 0 Å². The van der Waals surface area contributed by atoms with Crippen LogP contribution in [0.5, 0.6) is 0 Å². The molecule has 8 nitrogen and oxygen atoms in total. The SMILES string of the molecule is CC1CCN(C(=O)[C@H](CCCN(C)C#N)NS(=O)(=O)c2cc(Cl)c(N)c(Cl)c2)CC1. The first kappa shape index (κ1) is 24.5. The number of benzene rings is 1. The van der Waals surface area contributed by atoms with Gasteiger partial charge in [-0.05, 0) is 43.7 Å². The standard InChI is InChI=1S/C19H27Cl2N5O3S/c1-13-5-8-26(9-6-13)19(27)17(4-3-7-25(2)12-22)24-30(28,29)14-10-15(20)18(23)16(21)11-14/h10-11,13,17,24H,3-9,23H2,1-2H3/t17-/m0/s1. The Morgan fingerprint density at radius 1 is 1.37 bits per heavy atom. The molecule has 0 spiro atoms. The molecular weight excluding hydrogens is 449 g/mol. The maximum Gasteiger partial charge on any atom is 0.241 e. The summed E-state index contributed by atoms with van der Waals surface area (Å²) in [4.78, 5) is 16.1. The average molecular weight is 476 g/mol. The second-order valence-corrected chi connectivity index (χ2v) is 10.2. The smallest absolute Gasteiger partial charge is 0.241 e. The second kappa shape index (κ2) is 10.5.